The second kappa shape index (κ2) is 8.53. The van der Waals surface area contributed by atoms with E-state index in [0.29, 0.717) is 0 Å². The van der Waals surface area contributed by atoms with Crippen LogP contribution in [0.1, 0.15) is 0 Å². The van der Waals surface area contributed by atoms with Crippen LogP contribution in [0.3, 0.4) is 0 Å². The lowest BCUT2D eigenvalue weighted by molar-refractivity contribution is -0.385. The summed E-state index contributed by atoms with van der Waals surface area (Å²) in [5.74, 6) is -0.941. The van der Waals surface area contributed by atoms with Crippen LogP contribution in [0.2, 0.25) is 0 Å². The van der Waals surface area contributed by atoms with Gasteiger partial charge in [-0.05, 0) is 30.3 Å². The number of rotatable bonds is 6. The fourth-order valence-corrected chi connectivity index (χ4v) is 4.32. The molecule has 0 bridgehead atoms. The molecule has 0 aliphatic carbocycles. The van der Waals surface area contributed by atoms with Gasteiger partial charge < -0.3 is 9.64 Å². The third-order valence-corrected chi connectivity index (χ3v) is 6.37. The molecule has 154 valence electrons. The Morgan fingerprint density at radius 2 is 1.69 bits per heavy atom. The zero-order valence-electron chi connectivity index (χ0n) is 15.2. The number of carbonyl (C=O) groups excluding carboxylic acids is 1. The summed E-state index contributed by atoms with van der Waals surface area (Å²) in [6.45, 7) is 0.0719. The van der Waals surface area contributed by atoms with Crippen LogP contribution in [0.25, 0.3) is 0 Å². The van der Waals surface area contributed by atoms with Crippen LogP contribution in [0.4, 0.5) is 10.1 Å². The first kappa shape index (κ1) is 20.7. The minimum absolute atomic E-state index is 0.0108. The van der Waals surface area contributed by atoms with Gasteiger partial charge in [-0.1, -0.05) is 12.1 Å². The first-order chi connectivity index (χ1) is 13.8. The summed E-state index contributed by atoms with van der Waals surface area (Å²) < 4.78 is 44.7. The summed E-state index contributed by atoms with van der Waals surface area (Å²) in [5, 5.41) is 11.0. The maximum Gasteiger partial charge on any atom is 0.310 e. The van der Waals surface area contributed by atoms with Crippen LogP contribution in [-0.2, 0) is 14.8 Å². The van der Waals surface area contributed by atoms with E-state index in [4.69, 9.17) is 4.74 Å². The van der Waals surface area contributed by atoms with Crippen LogP contribution >= 0.6 is 0 Å². The molecule has 1 heterocycles. The van der Waals surface area contributed by atoms with Crippen molar-refractivity contribution in [2.75, 3.05) is 32.8 Å². The quantitative estimate of drug-likeness (QED) is 0.516. The number of nitro benzene ring substituents is 1. The number of ether oxygens (including phenoxy) is 1. The summed E-state index contributed by atoms with van der Waals surface area (Å²) in [6, 6.07) is 10.3. The number of piperazine rings is 1. The number of sulfonamides is 1. The van der Waals surface area contributed by atoms with E-state index in [1.54, 1.807) is 6.07 Å². The second-order valence-corrected chi connectivity index (χ2v) is 8.19. The topological polar surface area (TPSA) is 110 Å². The predicted octanol–water partition coefficient (Wildman–Crippen LogP) is 1.65. The smallest absolute Gasteiger partial charge is 0.310 e. The SMILES string of the molecule is O=C(COc1ccccc1[N+](=O)[O-])N1CCN(S(=O)(=O)c2ccc(F)cc2)CC1. The van der Waals surface area contributed by atoms with E-state index in [0.717, 1.165) is 12.1 Å². The van der Waals surface area contributed by atoms with Gasteiger partial charge >= 0.3 is 5.69 Å². The van der Waals surface area contributed by atoms with E-state index in [2.05, 4.69) is 0 Å². The van der Waals surface area contributed by atoms with Crippen molar-refractivity contribution in [3.8, 4) is 5.75 Å². The van der Waals surface area contributed by atoms with Gasteiger partial charge in [0.15, 0.2) is 12.4 Å². The van der Waals surface area contributed by atoms with E-state index in [-0.39, 0.29) is 42.5 Å². The lowest BCUT2D eigenvalue weighted by atomic mass is 10.3. The molecule has 2 aromatic rings. The number of nitrogens with zero attached hydrogens (tertiary/aromatic N) is 3. The number of amides is 1. The summed E-state index contributed by atoms with van der Waals surface area (Å²) in [6.07, 6.45) is 0. The van der Waals surface area contributed by atoms with Crippen molar-refractivity contribution in [3.05, 3.63) is 64.5 Å². The number of nitro groups is 1. The van der Waals surface area contributed by atoms with E-state index >= 15 is 0 Å². The molecule has 0 unspecified atom stereocenters. The summed E-state index contributed by atoms with van der Waals surface area (Å²) in [7, 11) is -3.78. The molecule has 1 aliphatic rings. The Morgan fingerprint density at radius 3 is 2.31 bits per heavy atom. The Kier molecular flexibility index (Phi) is 6.09. The number of carbonyl (C=O) groups is 1. The van der Waals surface area contributed by atoms with Gasteiger partial charge in [0, 0.05) is 32.2 Å². The van der Waals surface area contributed by atoms with Crippen molar-refractivity contribution in [2.24, 2.45) is 0 Å². The highest BCUT2D eigenvalue weighted by atomic mass is 32.2. The molecule has 0 saturated carbocycles. The van der Waals surface area contributed by atoms with Crippen molar-refractivity contribution in [1.29, 1.82) is 0 Å². The van der Waals surface area contributed by atoms with Gasteiger partial charge in [0.25, 0.3) is 5.91 Å². The molecule has 9 nitrogen and oxygen atoms in total. The molecule has 29 heavy (non-hydrogen) atoms. The highest BCUT2D eigenvalue weighted by Crippen LogP contribution is 2.26. The molecule has 0 atom stereocenters. The van der Waals surface area contributed by atoms with E-state index in [1.807, 2.05) is 0 Å². The molecule has 2 aromatic carbocycles. The zero-order chi connectivity index (χ0) is 21.0. The molecule has 0 spiro atoms. The average Bonchev–Trinajstić information content (AvgIpc) is 2.72. The van der Waals surface area contributed by atoms with Gasteiger partial charge in [-0.2, -0.15) is 4.31 Å². The van der Waals surface area contributed by atoms with Crippen LogP contribution in [-0.4, -0.2) is 61.2 Å². The zero-order valence-corrected chi connectivity index (χ0v) is 16.0. The van der Waals surface area contributed by atoms with Crippen molar-refractivity contribution in [2.45, 2.75) is 4.90 Å². The van der Waals surface area contributed by atoms with Crippen molar-refractivity contribution >= 4 is 21.6 Å². The standard InChI is InChI=1S/C18H18FN3O6S/c19-14-5-7-15(8-6-14)29(26,27)21-11-9-20(10-12-21)18(23)13-28-17-4-2-1-3-16(17)22(24)25/h1-8H,9-13H2. The van der Waals surface area contributed by atoms with Gasteiger partial charge in [0.05, 0.1) is 9.82 Å². The average molecular weight is 423 g/mol. The Hall–Kier alpha value is -3.05. The first-order valence-corrected chi connectivity index (χ1v) is 10.1. The summed E-state index contributed by atoms with van der Waals surface area (Å²) in [5.41, 5.74) is -0.240. The lowest BCUT2D eigenvalue weighted by Crippen LogP contribution is -2.51. The fraction of sp³-hybridized carbons (Fsp3) is 0.278. The van der Waals surface area contributed by atoms with E-state index < -0.39 is 33.3 Å². The number of para-hydroxylation sites is 2. The second-order valence-electron chi connectivity index (χ2n) is 6.25. The molecule has 0 aromatic heterocycles. The molecular weight excluding hydrogens is 405 g/mol. The summed E-state index contributed by atoms with van der Waals surface area (Å²) >= 11 is 0. The number of hydrogen-bond acceptors (Lipinski definition) is 6. The Morgan fingerprint density at radius 1 is 1.07 bits per heavy atom. The number of benzene rings is 2. The van der Waals surface area contributed by atoms with Crippen molar-refractivity contribution < 1.29 is 27.3 Å². The maximum atomic E-state index is 13.0. The molecule has 1 aliphatic heterocycles. The molecule has 0 radical (unpaired) electrons. The Labute approximate surface area is 166 Å². The van der Waals surface area contributed by atoms with Crippen LogP contribution < -0.4 is 4.74 Å². The minimum atomic E-state index is -3.78. The van der Waals surface area contributed by atoms with Gasteiger partial charge in [0.1, 0.15) is 5.82 Å². The van der Waals surface area contributed by atoms with Gasteiger partial charge in [0.2, 0.25) is 10.0 Å². The molecule has 3 rings (SSSR count). The monoisotopic (exact) mass is 423 g/mol. The molecule has 1 amide bonds. The van der Waals surface area contributed by atoms with Gasteiger partial charge in [-0.3, -0.25) is 14.9 Å². The van der Waals surface area contributed by atoms with E-state index in [1.165, 1.54) is 39.5 Å². The third kappa shape index (κ3) is 4.69. The lowest BCUT2D eigenvalue weighted by Gasteiger charge is -2.33. The van der Waals surface area contributed by atoms with Crippen LogP contribution in [0, 0.1) is 15.9 Å². The van der Waals surface area contributed by atoms with Crippen LogP contribution in [0.15, 0.2) is 53.4 Å². The first-order valence-electron chi connectivity index (χ1n) is 8.69. The fourth-order valence-electron chi connectivity index (χ4n) is 2.89. The van der Waals surface area contributed by atoms with Gasteiger partial charge in [-0.25, -0.2) is 12.8 Å². The maximum absolute atomic E-state index is 13.0. The normalized spacial score (nSPS) is 15.1. The summed E-state index contributed by atoms with van der Waals surface area (Å²) in [4.78, 5) is 24.1. The minimum Gasteiger partial charge on any atom is -0.477 e. The number of hydrogen-bond donors (Lipinski definition) is 0. The van der Waals surface area contributed by atoms with Crippen LogP contribution in [0.5, 0.6) is 5.75 Å². The molecule has 11 heteroatoms. The van der Waals surface area contributed by atoms with E-state index in [9.17, 15) is 27.7 Å². The van der Waals surface area contributed by atoms with Crippen molar-refractivity contribution in [1.82, 2.24) is 9.21 Å². The molecule has 1 fully saturated rings. The number of halogens is 1. The molecular formula is C18H18FN3O6S. The third-order valence-electron chi connectivity index (χ3n) is 4.46. The Bertz CT molecular complexity index is 1000. The molecule has 1 saturated heterocycles. The highest BCUT2D eigenvalue weighted by Gasteiger charge is 2.30. The molecule has 0 N–H and O–H groups in total. The predicted molar refractivity (Wildman–Crippen MR) is 100 cm³/mol. The van der Waals surface area contributed by atoms with Gasteiger partial charge in [-0.15, -0.1) is 0 Å². The van der Waals surface area contributed by atoms with Crippen molar-refractivity contribution in [3.63, 3.8) is 0 Å². The largest absolute Gasteiger partial charge is 0.477 e. The highest BCUT2D eigenvalue weighted by molar-refractivity contribution is 7.89. The Balaban J connectivity index is 1.57.